The molecule has 0 fully saturated rings. The number of ether oxygens (including phenoxy) is 1. The fourth-order valence-electron chi connectivity index (χ4n) is 4.19. The summed E-state index contributed by atoms with van der Waals surface area (Å²) in [6.07, 6.45) is 1.29. The van der Waals surface area contributed by atoms with Gasteiger partial charge in [-0.1, -0.05) is 38.2 Å². The molecule has 0 aliphatic heterocycles. The van der Waals surface area contributed by atoms with Crippen LogP contribution in [0.5, 0.6) is 5.06 Å². The van der Waals surface area contributed by atoms with Gasteiger partial charge in [0, 0.05) is 18.7 Å². The zero-order valence-electron chi connectivity index (χ0n) is 18.1. The minimum atomic E-state index is -1.37. The molecule has 0 aliphatic carbocycles. The molecule has 0 atom stereocenters. The number of pyridine rings is 1. The lowest BCUT2D eigenvalue weighted by Gasteiger charge is -2.41. The van der Waals surface area contributed by atoms with Crippen LogP contribution in [0.25, 0.3) is 16.2 Å². The molecular formula is C22H27N3O4S. The summed E-state index contributed by atoms with van der Waals surface area (Å²) in [6.45, 7) is 12.1. The predicted molar refractivity (Wildman–Crippen MR) is 118 cm³/mol. The third-order valence-corrected chi connectivity index (χ3v) is 5.57. The van der Waals surface area contributed by atoms with Gasteiger partial charge in [0.1, 0.15) is 17.2 Å². The number of nitrogens with zero attached hydrogens (tertiary/aromatic N) is 3. The summed E-state index contributed by atoms with van der Waals surface area (Å²) in [6, 6.07) is 9.03. The second-order valence-electron chi connectivity index (χ2n) is 9.10. The highest BCUT2D eigenvalue weighted by Crippen LogP contribution is 2.42. The van der Waals surface area contributed by atoms with Gasteiger partial charge in [-0.15, -0.1) is 0 Å². The highest BCUT2D eigenvalue weighted by molar-refractivity contribution is 7.17. The fraction of sp³-hybridized carbons (Fsp3) is 0.409. The average molecular weight is 430 g/mol. The van der Waals surface area contributed by atoms with Crippen molar-refractivity contribution in [3.8, 4) is 15.6 Å². The molecule has 0 saturated heterocycles. The SMILES string of the molecule is CC(=O)N(c1c(-c2ccc(OC(=O)O)s2)nc2ccccn12)C(C)(C)CC(C)(C)C. The maximum Gasteiger partial charge on any atom is 0.512 e. The van der Waals surface area contributed by atoms with Crippen LogP contribution < -0.4 is 9.64 Å². The number of amides is 1. The third kappa shape index (κ3) is 4.48. The number of carboxylic acid groups (broad SMARTS) is 1. The van der Waals surface area contributed by atoms with Crippen molar-refractivity contribution >= 4 is 34.9 Å². The minimum absolute atomic E-state index is 0.00326. The Morgan fingerprint density at radius 1 is 1.17 bits per heavy atom. The van der Waals surface area contributed by atoms with Crippen molar-refractivity contribution in [2.45, 2.75) is 53.5 Å². The number of hydrogen-bond acceptors (Lipinski definition) is 5. The summed E-state index contributed by atoms with van der Waals surface area (Å²) < 4.78 is 6.69. The van der Waals surface area contributed by atoms with E-state index in [1.54, 1.807) is 24.0 Å². The average Bonchev–Trinajstić information content (AvgIpc) is 3.16. The summed E-state index contributed by atoms with van der Waals surface area (Å²) >= 11 is 1.18. The van der Waals surface area contributed by atoms with Crippen LogP contribution in [0.1, 0.15) is 48.0 Å². The normalized spacial score (nSPS) is 12.2. The lowest BCUT2D eigenvalue weighted by molar-refractivity contribution is -0.117. The number of imidazole rings is 1. The molecule has 0 aliphatic rings. The van der Waals surface area contributed by atoms with Crippen LogP contribution in [-0.4, -0.2) is 32.1 Å². The summed E-state index contributed by atoms with van der Waals surface area (Å²) in [5.41, 5.74) is 0.837. The quantitative estimate of drug-likeness (QED) is 0.527. The maximum absolute atomic E-state index is 12.9. The first kappa shape index (κ1) is 21.8. The van der Waals surface area contributed by atoms with E-state index in [0.29, 0.717) is 17.2 Å². The van der Waals surface area contributed by atoms with E-state index in [1.165, 1.54) is 11.3 Å². The molecule has 8 heteroatoms. The van der Waals surface area contributed by atoms with Crippen LogP contribution in [0, 0.1) is 5.41 Å². The number of thiophene rings is 1. The highest BCUT2D eigenvalue weighted by Gasteiger charge is 2.37. The molecule has 3 rings (SSSR count). The minimum Gasteiger partial charge on any atom is -0.449 e. The molecule has 0 bridgehead atoms. The Labute approximate surface area is 179 Å². The molecule has 3 aromatic rings. The van der Waals surface area contributed by atoms with Crippen molar-refractivity contribution in [1.82, 2.24) is 9.38 Å². The number of aromatic nitrogens is 2. The zero-order chi connectivity index (χ0) is 22.3. The number of carbonyl (C=O) groups excluding carboxylic acids is 1. The first-order chi connectivity index (χ1) is 13.9. The van der Waals surface area contributed by atoms with Gasteiger partial charge in [0.2, 0.25) is 5.91 Å². The van der Waals surface area contributed by atoms with E-state index in [9.17, 15) is 9.59 Å². The summed E-state index contributed by atoms with van der Waals surface area (Å²) in [7, 11) is 0. The Bertz CT molecular complexity index is 1090. The first-order valence-corrected chi connectivity index (χ1v) is 10.5. The second-order valence-corrected chi connectivity index (χ2v) is 10.2. The van der Waals surface area contributed by atoms with E-state index in [4.69, 9.17) is 14.8 Å². The lowest BCUT2D eigenvalue weighted by Crippen LogP contribution is -2.50. The van der Waals surface area contributed by atoms with Crippen LogP contribution in [-0.2, 0) is 4.79 Å². The van der Waals surface area contributed by atoms with Crippen molar-refractivity contribution in [2.24, 2.45) is 5.41 Å². The van der Waals surface area contributed by atoms with E-state index in [2.05, 4.69) is 34.6 Å². The molecule has 0 saturated carbocycles. The van der Waals surface area contributed by atoms with Gasteiger partial charge in [-0.2, -0.15) is 0 Å². The van der Waals surface area contributed by atoms with Crippen LogP contribution in [0.4, 0.5) is 10.6 Å². The van der Waals surface area contributed by atoms with Crippen molar-refractivity contribution < 1.29 is 19.4 Å². The van der Waals surface area contributed by atoms with E-state index < -0.39 is 11.7 Å². The monoisotopic (exact) mass is 429 g/mol. The molecule has 3 aromatic heterocycles. The molecule has 0 spiro atoms. The smallest absolute Gasteiger partial charge is 0.449 e. The largest absolute Gasteiger partial charge is 0.512 e. The Morgan fingerprint density at radius 2 is 1.87 bits per heavy atom. The van der Waals surface area contributed by atoms with Gasteiger partial charge in [-0.05, 0) is 49.9 Å². The van der Waals surface area contributed by atoms with Gasteiger partial charge in [0.05, 0.1) is 4.88 Å². The van der Waals surface area contributed by atoms with E-state index in [0.717, 1.165) is 11.3 Å². The molecule has 7 nitrogen and oxygen atoms in total. The molecule has 160 valence electrons. The number of rotatable bonds is 5. The van der Waals surface area contributed by atoms with Crippen LogP contribution in [0.2, 0.25) is 0 Å². The Balaban J connectivity index is 2.22. The highest BCUT2D eigenvalue weighted by atomic mass is 32.1. The lowest BCUT2D eigenvalue weighted by atomic mass is 9.80. The van der Waals surface area contributed by atoms with Crippen molar-refractivity contribution in [1.29, 1.82) is 0 Å². The van der Waals surface area contributed by atoms with Gasteiger partial charge in [0.25, 0.3) is 0 Å². The van der Waals surface area contributed by atoms with E-state index in [1.807, 2.05) is 28.8 Å². The van der Waals surface area contributed by atoms with Crippen LogP contribution in [0.3, 0.4) is 0 Å². The molecule has 30 heavy (non-hydrogen) atoms. The van der Waals surface area contributed by atoms with Gasteiger partial charge >= 0.3 is 6.16 Å². The van der Waals surface area contributed by atoms with E-state index in [-0.39, 0.29) is 16.4 Å². The number of hydrogen-bond donors (Lipinski definition) is 1. The van der Waals surface area contributed by atoms with Gasteiger partial charge in [-0.3, -0.25) is 14.1 Å². The fourth-order valence-corrected chi connectivity index (χ4v) is 5.02. The molecule has 0 radical (unpaired) electrons. The van der Waals surface area contributed by atoms with Crippen molar-refractivity contribution in [3.05, 3.63) is 36.5 Å². The van der Waals surface area contributed by atoms with Gasteiger partial charge < -0.3 is 9.84 Å². The molecule has 0 aromatic carbocycles. The van der Waals surface area contributed by atoms with Crippen molar-refractivity contribution in [2.75, 3.05) is 4.90 Å². The standard InChI is InChI=1S/C22H27N3O4S/c1-14(26)25(22(5,6)13-21(2,3)4)19-18(23-16-9-7-8-12-24(16)19)15-10-11-17(30-15)29-20(27)28/h7-12H,13H2,1-6H3,(H,27,28). The van der Waals surface area contributed by atoms with E-state index >= 15 is 0 Å². The Morgan fingerprint density at radius 3 is 2.47 bits per heavy atom. The van der Waals surface area contributed by atoms with Crippen molar-refractivity contribution in [3.63, 3.8) is 0 Å². The summed E-state index contributed by atoms with van der Waals surface area (Å²) in [4.78, 5) is 31.1. The Hall–Kier alpha value is -2.87. The van der Waals surface area contributed by atoms with Crippen LogP contribution >= 0.6 is 11.3 Å². The number of carbonyl (C=O) groups is 2. The molecule has 1 N–H and O–H groups in total. The number of anilines is 1. The molecule has 0 unspecified atom stereocenters. The molecule has 1 amide bonds. The summed E-state index contributed by atoms with van der Waals surface area (Å²) in [5.74, 6) is 0.575. The van der Waals surface area contributed by atoms with Gasteiger partial charge in [-0.25, -0.2) is 9.78 Å². The predicted octanol–water partition coefficient (Wildman–Crippen LogP) is 5.69. The van der Waals surface area contributed by atoms with Gasteiger partial charge in [0.15, 0.2) is 5.06 Å². The first-order valence-electron chi connectivity index (χ1n) is 9.68. The second kappa shape index (κ2) is 7.75. The maximum atomic E-state index is 12.9. The topological polar surface area (TPSA) is 84.1 Å². The van der Waals surface area contributed by atoms with Crippen LogP contribution in [0.15, 0.2) is 36.5 Å². The Kier molecular flexibility index (Phi) is 5.64. The number of fused-ring (bicyclic) bond motifs is 1. The molecular weight excluding hydrogens is 402 g/mol. The zero-order valence-corrected chi connectivity index (χ0v) is 18.9. The third-order valence-electron chi connectivity index (χ3n) is 4.60. The summed E-state index contributed by atoms with van der Waals surface area (Å²) in [5, 5.41) is 9.16. The molecule has 3 heterocycles.